The van der Waals surface area contributed by atoms with E-state index in [4.69, 9.17) is 4.74 Å². The van der Waals surface area contributed by atoms with Crippen LogP contribution >= 0.6 is 0 Å². The zero-order valence-electron chi connectivity index (χ0n) is 10.7. The van der Waals surface area contributed by atoms with Crippen molar-refractivity contribution in [3.05, 3.63) is 41.9 Å². The normalized spacial score (nSPS) is 11.9. The molecule has 0 radical (unpaired) electrons. The van der Waals surface area contributed by atoms with Gasteiger partial charge in [0, 0.05) is 24.2 Å². The summed E-state index contributed by atoms with van der Waals surface area (Å²) in [5.41, 5.74) is 2.00. The molecule has 5 nitrogen and oxygen atoms in total. The first-order valence-electron chi connectivity index (χ1n) is 5.75. The maximum Gasteiger partial charge on any atom is 0.226 e. The lowest BCUT2D eigenvalue weighted by Crippen LogP contribution is -2.10. The molecular formula is C13H16N4O. The van der Waals surface area contributed by atoms with E-state index in [1.807, 2.05) is 26.0 Å². The van der Waals surface area contributed by atoms with E-state index < -0.39 is 0 Å². The Morgan fingerprint density at radius 2 is 1.94 bits per heavy atom. The van der Waals surface area contributed by atoms with Crippen molar-refractivity contribution in [3.63, 3.8) is 0 Å². The van der Waals surface area contributed by atoms with Crippen LogP contribution in [0.3, 0.4) is 0 Å². The summed E-state index contributed by atoms with van der Waals surface area (Å²) < 4.78 is 5.12. The summed E-state index contributed by atoms with van der Waals surface area (Å²) in [6.07, 6.45) is 3.54. The predicted molar refractivity (Wildman–Crippen MR) is 69.6 cm³/mol. The second kappa shape index (κ2) is 5.44. The van der Waals surface area contributed by atoms with Crippen LogP contribution in [0, 0.1) is 6.92 Å². The summed E-state index contributed by atoms with van der Waals surface area (Å²) in [5.74, 6) is 1.13. The van der Waals surface area contributed by atoms with E-state index in [0.29, 0.717) is 11.8 Å². The first kappa shape index (κ1) is 12.3. The molecule has 0 saturated carbocycles. The highest BCUT2D eigenvalue weighted by molar-refractivity contribution is 5.34. The molecule has 0 aromatic carbocycles. The first-order chi connectivity index (χ1) is 8.69. The second-order valence-electron chi connectivity index (χ2n) is 4.02. The Balaban J connectivity index is 2.16. The van der Waals surface area contributed by atoms with Crippen molar-refractivity contribution in [2.75, 3.05) is 12.4 Å². The molecule has 5 heteroatoms. The zero-order valence-corrected chi connectivity index (χ0v) is 10.7. The molecule has 1 unspecified atom stereocenters. The summed E-state index contributed by atoms with van der Waals surface area (Å²) in [7, 11) is 1.60. The fourth-order valence-corrected chi connectivity index (χ4v) is 1.64. The van der Waals surface area contributed by atoms with Gasteiger partial charge in [-0.3, -0.25) is 4.98 Å². The number of aryl methyl sites for hydroxylation is 1. The summed E-state index contributed by atoms with van der Waals surface area (Å²) in [4.78, 5) is 12.6. The Labute approximate surface area is 106 Å². The molecule has 1 atom stereocenters. The monoisotopic (exact) mass is 244 g/mol. The molecule has 0 spiro atoms. The van der Waals surface area contributed by atoms with Crippen molar-refractivity contribution in [2.24, 2.45) is 0 Å². The van der Waals surface area contributed by atoms with Gasteiger partial charge < -0.3 is 10.1 Å². The molecular weight excluding hydrogens is 228 g/mol. The average molecular weight is 244 g/mol. The molecule has 0 aliphatic rings. The Kier molecular flexibility index (Phi) is 3.72. The maximum absolute atomic E-state index is 5.12. The second-order valence-corrected chi connectivity index (χ2v) is 4.02. The van der Waals surface area contributed by atoms with Gasteiger partial charge in [0.15, 0.2) is 0 Å². The van der Waals surface area contributed by atoms with Crippen LogP contribution in [-0.2, 0) is 0 Å². The molecule has 0 aliphatic heterocycles. The maximum atomic E-state index is 5.12. The third kappa shape index (κ3) is 2.94. The van der Waals surface area contributed by atoms with E-state index >= 15 is 0 Å². The van der Waals surface area contributed by atoms with E-state index in [2.05, 4.69) is 20.3 Å². The fraction of sp³-hybridized carbons (Fsp3) is 0.308. The number of aromatic nitrogens is 3. The lowest BCUT2D eigenvalue weighted by Gasteiger charge is -2.14. The van der Waals surface area contributed by atoms with Crippen LogP contribution in [0.2, 0.25) is 0 Å². The largest absolute Gasteiger partial charge is 0.481 e. The third-order valence-corrected chi connectivity index (χ3v) is 2.59. The Hall–Kier alpha value is -2.17. The number of rotatable bonds is 4. The number of hydrogen-bond acceptors (Lipinski definition) is 5. The summed E-state index contributed by atoms with van der Waals surface area (Å²) in [5, 5.41) is 3.24. The van der Waals surface area contributed by atoms with Crippen molar-refractivity contribution >= 4 is 5.95 Å². The Morgan fingerprint density at radius 3 is 2.61 bits per heavy atom. The van der Waals surface area contributed by atoms with Gasteiger partial charge in [0.25, 0.3) is 0 Å². The molecule has 2 heterocycles. The van der Waals surface area contributed by atoms with Gasteiger partial charge in [-0.05, 0) is 31.5 Å². The van der Waals surface area contributed by atoms with Crippen LogP contribution < -0.4 is 10.1 Å². The van der Waals surface area contributed by atoms with E-state index in [0.717, 1.165) is 11.3 Å². The van der Waals surface area contributed by atoms with Crippen LogP contribution in [0.15, 0.2) is 30.6 Å². The SMILES string of the molecule is COc1cc(C)nc(NC(C)c2ccncc2)n1. The van der Waals surface area contributed by atoms with Crippen LogP contribution in [0.5, 0.6) is 5.88 Å². The molecule has 94 valence electrons. The average Bonchev–Trinajstić information content (AvgIpc) is 2.39. The topological polar surface area (TPSA) is 59.9 Å². The Morgan fingerprint density at radius 1 is 1.22 bits per heavy atom. The minimum Gasteiger partial charge on any atom is -0.481 e. The fourth-order valence-electron chi connectivity index (χ4n) is 1.64. The molecule has 1 N–H and O–H groups in total. The van der Waals surface area contributed by atoms with Crippen LogP contribution in [0.4, 0.5) is 5.95 Å². The summed E-state index contributed by atoms with van der Waals surface area (Å²) >= 11 is 0. The van der Waals surface area contributed by atoms with E-state index in [1.165, 1.54) is 0 Å². The van der Waals surface area contributed by atoms with E-state index in [1.54, 1.807) is 25.6 Å². The van der Waals surface area contributed by atoms with Gasteiger partial charge >= 0.3 is 0 Å². The van der Waals surface area contributed by atoms with Gasteiger partial charge in [0.05, 0.1) is 13.2 Å². The molecule has 0 amide bonds. The highest BCUT2D eigenvalue weighted by atomic mass is 16.5. The molecule has 0 fully saturated rings. The minimum absolute atomic E-state index is 0.111. The van der Waals surface area contributed by atoms with Crippen molar-refractivity contribution in [3.8, 4) is 5.88 Å². The number of hydrogen-bond donors (Lipinski definition) is 1. The molecule has 18 heavy (non-hydrogen) atoms. The van der Waals surface area contributed by atoms with E-state index in [-0.39, 0.29) is 6.04 Å². The highest BCUT2D eigenvalue weighted by Gasteiger charge is 2.08. The van der Waals surface area contributed by atoms with Gasteiger partial charge in [-0.25, -0.2) is 4.98 Å². The van der Waals surface area contributed by atoms with Crippen molar-refractivity contribution in [1.29, 1.82) is 0 Å². The van der Waals surface area contributed by atoms with Crippen LogP contribution in [-0.4, -0.2) is 22.1 Å². The number of ether oxygens (including phenoxy) is 1. The zero-order chi connectivity index (χ0) is 13.0. The number of nitrogens with zero attached hydrogens (tertiary/aromatic N) is 3. The standard InChI is InChI=1S/C13H16N4O/c1-9-8-12(18-3)17-13(15-9)16-10(2)11-4-6-14-7-5-11/h4-8,10H,1-3H3,(H,15,16,17). The minimum atomic E-state index is 0.111. The smallest absolute Gasteiger partial charge is 0.226 e. The van der Waals surface area contributed by atoms with Gasteiger partial charge in [-0.15, -0.1) is 0 Å². The lowest BCUT2D eigenvalue weighted by molar-refractivity contribution is 0.397. The Bertz CT molecular complexity index is 516. The number of anilines is 1. The van der Waals surface area contributed by atoms with Gasteiger partial charge in [-0.2, -0.15) is 4.98 Å². The molecule has 2 aromatic heterocycles. The molecule has 0 aliphatic carbocycles. The molecule has 2 rings (SSSR count). The van der Waals surface area contributed by atoms with Gasteiger partial charge in [0.1, 0.15) is 0 Å². The van der Waals surface area contributed by atoms with Crippen molar-refractivity contribution < 1.29 is 4.74 Å². The number of pyridine rings is 1. The number of methoxy groups -OCH3 is 1. The molecule has 0 saturated heterocycles. The molecule has 2 aromatic rings. The summed E-state index contributed by atoms with van der Waals surface area (Å²) in [6, 6.07) is 5.83. The van der Waals surface area contributed by atoms with E-state index in [9.17, 15) is 0 Å². The van der Waals surface area contributed by atoms with Crippen LogP contribution in [0.1, 0.15) is 24.2 Å². The lowest BCUT2D eigenvalue weighted by atomic mass is 10.1. The van der Waals surface area contributed by atoms with Gasteiger partial charge in [-0.1, -0.05) is 0 Å². The van der Waals surface area contributed by atoms with Crippen molar-refractivity contribution in [1.82, 2.24) is 15.0 Å². The molecule has 0 bridgehead atoms. The quantitative estimate of drug-likeness (QED) is 0.894. The third-order valence-electron chi connectivity index (χ3n) is 2.59. The number of nitrogens with one attached hydrogen (secondary N) is 1. The van der Waals surface area contributed by atoms with Crippen molar-refractivity contribution in [2.45, 2.75) is 19.9 Å². The summed E-state index contributed by atoms with van der Waals surface area (Å²) in [6.45, 7) is 3.96. The van der Waals surface area contributed by atoms with Gasteiger partial charge in [0.2, 0.25) is 11.8 Å². The highest BCUT2D eigenvalue weighted by Crippen LogP contribution is 2.18. The van der Waals surface area contributed by atoms with Crippen LogP contribution in [0.25, 0.3) is 0 Å². The first-order valence-corrected chi connectivity index (χ1v) is 5.75. The predicted octanol–water partition coefficient (Wildman–Crippen LogP) is 2.36.